The second-order valence-corrected chi connectivity index (χ2v) is 11.4. The molecule has 0 radical (unpaired) electrons. The maximum absolute atomic E-state index is 13.9. The van der Waals surface area contributed by atoms with Crippen molar-refractivity contribution < 1.29 is 4.79 Å². The van der Waals surface area contributed by atoms with E-state index in [1.165, 1.54) is 36.8 Å². The summed E-state index contributed by atoms with van der Waals surface area (Å²) in [5, 5.41) is 3.58. The van der Waals surface area contributed by atoms with Crippen molar-refractivity contribution >= 4 is 5.91 Å². The third kappa shape index (κ3) is 3.69. The molecule has 5 fully saturated rings. The summed E-state index contributed by atoms with van der Waals surface area (Å²) >= 11 is 0. The molecule has 7 rings (SSSR count). The average molecular weight is 429 g/mol. The minimum atomic E-state index is -0.137. The van der Waals surface area contributed by atoms with Gasteiger partial charge in [0.1, 0.15) is 0 Å². The molecule has 4 aliphatic carbocycles. The molecule has 5 aliphatic rings. The van der Waals surface area contributed by atoms with Crippen LogP contribution in [0.4, 0.5) is 0 Å². The molecule has 4 bridgehead atoms. The number of amides is 1. The Hall–Kier alpha value is -2.13. The summed E-state index contributed by atoms with van der Waals surface area (Å²) in [4.78, 5) is 16.4. The average Bonchev–Trinajstić information content (AvgIpc) is 2.80. The van der Waals surface area contributed by atoms with Crippen molar-refractivity contribution in [1.82, 2.24) is 10.2 Å². The molecule has 0 aromatic heterocycles. The molecule has 2 aromatic rings. The number of carbonyl (C=O) groups is 1. The lowest BCUT2D eigenvalue weighted by Gasteiger charge is -2.61. The van der Waals surface area contributed by atoms with Gasteiger partial charge in [0.05, 0.1) is 5.41 Å². The van der Waals surface area contributed by atoms with Gasteiger partial charge in [-0.25, -0.2) is 0 Å². The largest absolute Gasteiger partial charge is 0.352 e. The predicted molar refractivity (Wildman–Crippen MR) is 128 cm³/mol. The van der Waals surface area contributed by atoms with E-state index in [1.807, 2.05) is 0 Å². The molecule has 1 saturated heterocycles. The lowest BCUT2D eigenvalue weighted by atomic mass is 9.42. The van der Waals surface area contributed by atoms with Crippen LogP contribution >= 0.6 is 0 Å². The summed E-state index contributed by atoms with van der Waals surface area (Å²) in [5.41, 5.74) is 2.94. The van der Waals surface area contributed by atoms with Crippen LogP contribution in [0.2, 0.25) is 0 Å². The molecular formula is C29H36N2O. The third-order valence-electron chi connectivity index (χ3n) is 9.02. The summed E-state index contributed by atoms with van der Waals surface area (Å²) < 4.78 is 0. The zero-order chi connectivity index (χ0) is 21.6. The second kappa shape index (κ2) is 8.02. The van der Waals surface area contributed by atoms with Crippen LogP contribution in [-0.4, -0.2) is 29.9 Å². The Kier molecular flexibility index (Phi) is 5.13. The van der Waals surface area contributed by atoms with E-state index in [9.17, 15) is 4.79 Å². The van der Waals surface area contributed by atoms with Gasteiger partial charge in [-0.15, -0.1) is 0 Å². The van der Waals surface area contributed by atoms with Gasteiger partial charge < -0.3 is 5.32 Å². The fraction of sp³-hybridized carbons (Fsp3) is 0.552. The Morgan fingerprint density at radius 3 is 2.34 bits per heavy atom. The van der Waals surface area contributed by atoms with Crippen molar-refractivity contribution in [3.05, 3.63) is 71.8 Å². The molecule has 32 heavy (non-hydrogen) atoms. The quantitative estimate of drug-likeness (QED) is 0.700. The highest BCUT2D eigenvalue weighted by atomic mass is 16.2. The van der Waals surface area contributed by atoms with Crippen LogP contribution in [0.5, 0.6) is 0 Å². The van der Waals surface area contributed by atoms with Crippen LogP contribution in [0.3, 0.4) is 0 Å². The molecule has 1 aliphatic heterocycles. The first kappa shape index (κ1) is 20.5. The Bertz CT molecular complexity index is 942. The molecular weight excluding hydrogens is 392 g/mol. The number of benzene rings is 2. The minimum absolute atomic E-state index is 0.137. The van der Waals surface area contributed by atoms with Gasteiger partial charge in [-0.05, 0) is 86.3 Å². The van der Waals surface area contributed by atoms with Gasteiger partial charge in [0.25, 0.3) is 0 Å². The van der Waals surface area contributed by atoms with E-state index in [4.69, 9.17) is 0 Å². The van der Waals surface area contributed by atoms with Crippen LogP contribution in [-0.2, 0) is 16.8 Å². The summed E-state index contributed by atoms with van der Waals surface area (Å²) in [6.45, 7) is 3.10. The number of nitrogens with one attached hydrogen (secondary N) is 1. The van der Waals surface area contributed by atoms with Gasteiger partial charge in [-0.3, -0.25) is 9.69 Å². The first-order chi connectivity index (χ1) is 15.6. The lowest BCUT2D eigenvalue weighted by molar-refractivity contribution is -0.150. The Morgan fingerprint density at radius 1 is 0.938 bits per heavy atom. The lowest BCUT2D eigenvalue weighted by Crippen LogP contribution is -2.61. The third-order valence-corrected chi connectivity index (χ3v) is 9.02. The highest BCUT2D eigenvalue weighted by molar-refractivity contribution is 5.84. The molecule has 2 unspecified atom stereocenters. The normalized spacial score (nSPS) is 36.2. The fourth-order valence-electron chi connectivity index (χ4n) is 8.15. The van der Waals surface area contributed by atoms with Gasteiger partial charge >= 0.3 is 0 Å². The number of hydrogen-bond acceptors (Lipinski definition) is 2. The molecule has 3 atom stereocenters. The van der Waals surface area contributed by atoms with Crippen molar-refractivity contribution in [3.8, 4) is 0 Å². The van der Waals surface area contributed by atoms with E-state index in [0.29, 0.717) is 11.9 Å². The number of piperidine rings is 1. The number of hydrogen-bond donors (Lipinski definition) is 1. The molecule has 4 saturated carbocycles. The molecule has 168 valence electrons. The predicted octanol–water partition coefficient (Wildman–Crippen LogP) is 5.31. The molecule has 3 heteroatoms. The first-order valence-electron chi connectivity index (χ1n) is 12.8. The number of nitrogens with zero attached hydrogens (tertiary/aromatic N) is 1. The maximum atomic E-state index is 13.9. The zero-order valence-electron chi connectivity index (χ0n) is 19.1. The summed E-state index contributed by atoms with van der Waals surface area (Å²) in [6, 6.07) is 22.2. The first-order valence-corrected chi connectivity index (χ1v) is 12.8. The van der Waals surface area contributed by atoms with Gasteiger partial charge in [-0.2, -0.15) is 0 Å². The number of carbonyl (C=O) groups excluding carboxylic acids is 1. The summed E-state index contributed by atoms with van der Waals surface area (Å²) in [6.07, 6.45) is 9.50. The van der Waals surface area contributed by atoms with Crippen LogP contribution < -0.4 is 5.32 Å². The molecule has 1 heterocycles. The Labute approximate surface area is 192 Å². The van der Waals surface area contributed by atoms with Crippen LogP contribution in [0.25, 0.3) is 0 Å². The molecule has 2 aromatic carbocycles. The summed E-state index contributed by atoms with van der Waals surface area (Å²) in [5.74, 6) is 1.82. The zero-order valence-corrected chi connectivity index (χ0v) is 19.1. The monoisotopic (exact) mass is 428 g/mol. The van der Waals surface area contributed by atoms with E-state index in [1.54, 1.807) is 0 Å². The standard InChI is InChI=1S/C29H36N2O/c32-27(30-26-12-7-13-31(20-26)19-22-8-3-1-4-9-22)29-17-23-14-24(18-29)16-28(15-23,21-29)25-10-5-2-6-11-25/h1-6,8-11,23-24,26H,7,12-21H2,(H,30,32)/t23?,24?,26-,28?,29?/m1/s1. The Morgan fingerprint density at radius 2 is 1.62 bits per heavy atom. The summed E-state index contributed by atoms with van der Waals surface area (Å²) in [7, 11) is 0. The fourth-order valence-corrected chi connectivity index (χ4v) is 8.15. The second-order valence-electron chi connectivity index (χ2n) is 11.4. The highest BCUT2D eigenvalue weighted by Gasteiger charge is 2.61. The van der Waals surface area contributed by atoms with Crippen molar-refractivity contribution in [2.24, 2.45) is 17.3 Å². The molecule has 1 amide bonds. The Balaban J connectivity index is 1.17. The van der Waals surface area contributed by atoms with Crippen LogP contribution in [0.15, 0.2) is 60.7 Å². The molecule has 1 N–H and O–H groups in total. The van der Waals surface area contributed by atoms with Crippen molar-refractivity contribution in [3.63, 3.8) is 0 Å². The van der Waals surface area contributed by atoms with E-state index in [0.717, 1.165) is 57.2 Å². The van der Waals surface area contributed by atoms with Crippen molar-refractivity contribution in [2.75, 3.05) is 13.1 Å². The SMILES string of the molecule is O=C(N[C@@H]1CCCN(Cc2ccccc2)C1)C12CC3CC(C1)CC(c1ccccc1)(C3)C2. The van der Waals surface area contributed by atoms with Gasteiger partial charge in [0, 0.05) is 19.1 Å². The van der Waals surface area contributed by atoms with Gasteiger partial charge in [0.2, 0.25) is 5.91 Å². The number of rotatable bonds is 5. The van der Waals surface area contributed by atoms with Gasteiger partial charge in [-0.1, -0.05) is 60.7 Å². The molecule has 0 spiro atoms. The molecule has 3 nitrogen and oxygen atoms in total. The van der Waals surface area contributed by atoms with Gasteiger partial charge in [0.15, 0.2) is 0 Å². The van der Waals surface area contributed by atoms with Crippen LogP contribution in [0.1, 0.15) is 62.5 Å². The van der Waals surface area contributed by atoms with Crippen molar-refractivity contribution in [1.29, 1.82) is 0 Å². The van der Waals surface area contributed by atoms with E-state index in [2.05, 4.69) is 70.9 Å². The topological polar surface area (TPSA) is 32.3 Å². The van der Waals surface area contributed by atoms with E-state index in [-0.39, 0.29) is 10.8 Å². The van der Waals surface area contributed by atoms with Crippen LogP contribution in [0, 0.1) is 17.3 Å². The van der Waals surface area contributed by atoms with E-state index >= 15 is 0 Å². The highest BCUT2D eigenvalue weighted by Crippen LogP contribution is 2.65. The van der Waals surface area contributed by atoms with Crippen molar-refractivity contribution in [2.45, 2.75) is 69.4 Å². The maximum Gasteiger partial charge on any atom is 0.226 e. The number of likely N-dealkylation sites (tertiary alicyclic amines) is 1. The smallest absolute Gasteiger partial charge is 0.226 e. The minimum Gasteiger partial charge on any atom is -0.352 e. The van der Waals surface area contributed by atoms with E-state index < -0.39 is 0 Å².